The summed E-state index contributed by atoms with van der Waals surface area (Å²) < 4.78 is 6.70. The van der Waals surface area contributed by atoms with Crippen LogP contribution >= 0.6 is 34.9 Å². The molecule has 22 heavy (non-hydrogen) atoms. The van der Waals surface area contributed by atoms with Gasteiger partial charge in [-0.25, -0.2) is 0 Å². The summed E-state index contributed by atoms with van der Waals surface area (Å²) in [5.41, 5.74) is 1.33. The first-order chi connectivity index (χ1) is 10.7. The van der Waals surface area contributed by atoms with Crippen LogP contribution in [0.15, 0.2) is 33.9 Å². The average molecular weight is 349 g/mol. The molecule has 3 aromatic rings. The van der Waals surface area contributed by atoms with Crippen molar-refractivity contribution in [2.75, 3.05) is 0 Å². The highest BCUT2D eigenvalue weighted by molar-refractivity contribution is 8.01. The van der Waals surface area contributed by atoms with E-state index >= 15 is 0 Å². The second-order valence-corrected chi connectivity index (χ2v) is 6.50. The Hall–Kier alpha value is -1.95. The molecule has 0 unspecified atom stereocenters. The molecule has 0 amide bonds. The van der Waals surface area contributed by atoms with Crippen LogP contribution < -0.4 is 0 Å². The molecule has 0 N–H and O–H groups in total. The molecule has 0 aliphatic carbocycles. The van der Waals surface area contributed by atoms with Gasteiger partial charge in [0.2, 0.25) is 0 Å². The monoisotopic (exact) mass is 348 g/mol. The third-order valence-corrected chi connectivity index (χ3v) is 5.25. The first-order valence-corrected chi connectivity index (χ1v) is 8.28. The highest BCUT2D eigenvalue weighted by atomic mass is 35.5. The van der Waals surface area contributed by atoms with Gasteiger partial charge < -0.3 is 4.57 Å². The minimum Gasteiger partial charge on any atom is -0.302 e. The van der Waals surface area contributed by atoms with Crippen LogP contribution in [0.25, 0.3) is 11.4 Å². The van der Waals surface area contributed by atoms with Crippen LogP contribution in [-0.2, 0) is 6.54 Å². The Balaban J connectivity index is 1.99. The molecule has 0 saturated carbocycles. The van der Waals surface area contributed by atoms with Crippen molar-refractivity contribution >= 4 is 34.9 Å². The predicted molar refractivity (Wildman–Crippen MR) is 84.9 cm³/mol. The molecule has 0 aliphatic rings. The molecule has 9 heteroatoms. The lowest BCUT2D eigenvalue weighted by molar-refractivity contribution is 0.687. The van der Waals surface area contributed by atoms with Crippen molar-refractivity contribution in [1.82, 2.24) is 24.1 Å². The van der Waals surface area contributed by atoms with Crippen molar-refractivity contribution in [3.63, 3.8) is 0 Å². The molecule has 0 aliphatic heterocycles. The molecule has 0 bridgehead atoms. The second-order valence-electron chi connectivity index (χ2n) is 4.14. The van der Waals surface area contributed by atoms with E-state index in [1.807, 2.05) is 23.6 Å². The van der Waals surface area contributed by atoms with Gasteiger partial charge >= 0.3 is 0 Å². The zero-order valence-corrected chi connectivity index (χ0v) is 13.8. The van der Waals surface area contributed by atoms with Crippen LogP contribution in [0.2, 0.25) is 5.15 Å². The van der Waals surface area contributed by atoms with Crippen molar-refractivity contribution in [1.29, 1.82) is 5.26 Å². The average Bonchev–Trinajstić information content (AvgIpc) is 3.11. The quantitative estimate of drug-likeness (QED) is 0.717. The van der Waals surface area contributed by atoms with E-state index in [2.05, 4.69) is 25.6 Å². The van der Waals surface area contributed by atoms with Gasteiger partial charge in [0.05, 0.1) is 0 Å². The van der Waals surface area contributed by atoms with E-state index in [0.29, 0.717) is 17.3 Å². The van der Waals surface area contributed by atoms with Crippen LogP contribution in [0.5, 0.6) is 0 Å². The van der Waals surface area contributed by atoms with Gasteiger partial charge in [0.15, 0.2) is 16.1 Å². The Morgan fingerprint density at radius 2 is 2.14 bits per heavy atom. The zero-order chi connectivity index (χ0) is 15.5. The predicted octanol–water partition coefficient (Wildman–Crippen LogP) is 3.49. The Morgan fingerprint density at radius 1 is 1.36 bits per heavy atom. The second kappa shape index (κ2) is 6.44. The summed E-state index contributed by atoms with van der Waals surface area (Å²) in [6, 6.07) is 5.84. The number of halogens is 1. The smallest absolute Gasteiger partial charge is 0.197 e. The molecule has 3 heterocycles. The van der Waals surface area contributed by atoms with Crippen LogP contribution in [-0.4, -0.2) is 24.1 Å². The van der Waals surface area contributed by atoms with Gasteiger partial charge in [0.25, 0.3) is 0 Å². The van der Waals surface area contributed by atoms with E-state index in [0.717, 1.165) is 15.6 Å². The Kier molecular flexibility index (Phi) is 4.38. The van der Waals surface area contributed by atoms with E-state index in [1.54, 1.807) is 12.4 Å². The third-order valence-electron chi connectivity index (χ3n) is 2.89. The van der Waals surface area contributed by atoms with Crippen LogP contribution in [0, 0.1) is 11.3 Å². The standard InChI is InChI=1S/C13H9ClN6S2/c1-2-20-11(8-3-5-16-6-4-8)17-18-13(20)21-12-9(7-15)10(14)19-22-12/h3-6H,2H2,1H3. The van der Waals surface area contributed by atoms with Crippen LogP contribution in [0.4, 0.5) is 0 Å². The largest absolute Gasteiger partial charge is 0.302 e. The van der Waals surface area contributed by atoms with Gasteiger partial charge in [-0.3, -0.25) is 4.98 Å². The molecule has 0 fully saturated rings. The molecule has 6 nitrogen and oxygen atoms in total. The first-order valence-electron chi connectivity index (χ1n) is 6.31. The lowest BCUT2D eigenvalue weighted by atomic mass is 10.2. The maximum atomic E-state index is 9.14. The number of hydrogen-bond donors (Lipinski definition) is 0. The van der Waals surface area contributed by atoms with Crippen molar-refractivity contribution in [2.45, 2.75) is 22.8 Å². The number of hydrogen-bond acceptors (Lipinski definition) is 7. The first kappa shape index (κ1) is 15.0. The van der Waals surface area contributed by atoms with Crippen molar-refractivity contribution in [3.8, 4) is 17.5 Å². The summed E-state index contributed by atoms with van der Waals surface area (Å²) in [5, 5.41) is 18.5. The van der Waals surface area contributed by atoms with Gasteiger partial charge in [-0.2, -0.15) is 9.64 Å². The van der Waals surface area contributed by atoms with Crippen molar-refractivity contribution < 1.29 is 0 Å². The summed E-state index contributed by atoms with van der Waals surface area (Å²) in [7, 11) is 0. The van der Waals surface area contributed by atoms with E-state index in [4.69, 9.17) is 16.9 Å². The molecule has 110 valence electrons. The van der Waals surface area contributed by atoms with E-state index in [1.165, 1.54) is 23.3 Å². The summed E-state index contributed by atoms with van der Waals surface area (Å²) in [5.74, 6) is 0.765. The number of nitrogens with zero attached hydrogens (tertiary/aromatic N) is 6. The fourth-order valence-corrected chi connectivity index (χ4v) is 4.01. The maximum absolute atomic E-state index is 9.14. The highest BCUT2D eigenvalue weighted by Gasteiger charge is 2.18. The summed E-state index contributed by atoms with van der Waals surface area (Å²) >= 11 is 8.44. The highest BCUT2D eigenvalue weighted by Crippen LogP contribution is 2.36. The Bertz CT molecular complexity index is 836. The number of rotatable bonds is 4. The molecule has 0 radical (unpaired) electrons. The van der Waals surface area contributed by atoms with E-state index in [9.17, 15) is 0 Å². The zero-order valence-electron chi connectivity index (χ0n) is 11.4. The lowest BCUT2D eigenvalue weighted by Crippen LogP contribution is -1.99. The number of aromatic nitrogens is 5. The normalized spacial score (nSPS) is 10.6. The number of nitriles is 1. The maximum Gasteiger partial charge on any atom is 0.197 e. The van der Waals surface area contributed by atoms with Gasteiger partial charge in [0, 0.05) is 24.5 Å². The van der Waals surface area contributed by atoms with E-state index in [-0.39, 0.29) is 5.15 Å². The molecular weight excluding hydrogens is 340 g/mol. The summed E-state index contributed by atoms with van der Waals surface area (Å²) in [6.07, 6.45) is 3.43. The summed E-state index contributed by atoms with van der Waals surface area (Å²) in [6.45, 7) is 2.73. The van der Waals surface area contributed by atoms with Crippen molar-refractivity contribution in [3.05, 3.63) is 35.2 Å². The molecule has 0 aromatic carbocycles. The van der Waals surface area contributed by atoms with Crippen LogP contribution in [0.1, 0.15) is 12.5 Å². The fourth-order valence-electron chi connectivity index (χ4n) is 1.87. The minimum atomic E-state index is 0.229. The molecule has 0 spiro atoms. The molecule has 3 aromatic heterocycles. The molecule has 0 saturated heterocycles. The Morgan fingerprint density at radius 3 is 2.82 bits per heavy atom. The minimum absolute atomic E-state index is 0.229. The molecule has 3 rings (SSSR count). The third kappa shape index (κ3) is 2.70. The van der Waals surface area contributed by atoms with Gasteiger partial charge in [0.1, 0.15) is 15.8 Å². The Labute approximate surface area is 140 Å². The van der Waals surface area contributed by atoms with Gasteiger partial charge in [-0.15, -0.1) is 10.2 Å². The molecular formula is C13H9ClN6S2. The number of pyridine rings is 1. The van der Waals surface area contributed by atoms with Gasteiger partial charge in [-0.05, 0) is 42.4 Å². The lowest BCUT2D eigenvalue weighted by Gasteiger charge is -2.06. The SMILES string of the molecule is CCn1c(Sc2snc(Cl)c2C#N)nnc1-c1ccncc1. The van der Waals surface area contributed by atoms with E-state index < -0.39 is 0 Å². The van der Waals surface area contributed by atoms with Crippen LogP contribution in [0.3, 0.4) is 0 Å². The molecule has 0 atom stereocenters. The fraction of sp³-hybridized carbons (Fsp3) is 0.154. The topological polar surface area (TPSA) is 80.3 Å². The van der Waals surface area contributed by atoms with Gasteiger partial charge in [-0.1, -0.05) is 11.6 Å². The summed E-state index contributed by atoms with van der Waals surface area (Å²) in [4.78, 5) is 4.01. The van der Waals surface area contributed by atoms with Crippen molar-refractivity contribution in [2.24, 2.45) is 0 Å².